The molecule has 0 amide bonds. The molecule has 0 bridgehead atoms. The van der Waals surface area contributed by atoms with E-state index in [4.69, 9.17) is 0 Å². The fraction of sp³-hybridized carbons (Fsp3) is 0.462. The Morgan fingerprint density at radius 3 is 2.47 bits per heavy atom. The third-order valence-corrected chi connectivity index (χ3v) is 4.82. The molecule has 0 aliphatic heterocycles. The van der Waals surface area contributed by atoms with E-state index in [1.165, 1.54) is 0 Å². The summed E-state index contributed by atoms with van der Waals surface area (Å²) in [6.45, 7) is 3.68. The Morgan fingerprint density at radius 1 is 1.29 bits per heavy atom. The molecule has 0 unspecified atom stereocenters. The molecule has 4 heteroatoms. The van der Waals surface area contributed by atoms with E-state index in [0.717, 1.165) is 18.4 Å². The summed E-state index contributed by atoms with van der Waals surface area (Å²) in [5, 5.41) is 0. The summed E-state index contributed by atoms with van der Waals surface area (Å²) in [7, 11) is -3.46. The van der Waals surface area contributed by atoms with Crippen molar-refractivity contribution in [2.24, 2.45) is 5.92 Å². The zero-order valence-corrected chi connectivity index (χ0v) is 10.9. The number of hydrogen-bond donors (Lipinski definition) is 0. The van der Waals surface area contributed by atoms with Crippen molar-refractivity contribution < 1.29 is 13.2 Å². The van der Waals surface area contributed by atoms with Crippen molar-refractivity contribution in [3.05, 3.63) is 29.3 Å². The summed E-state index contributed by atoms with van der Waals surface area (Å²) in [6, 6.07) is 5.19. The second-order valence-electron chi connectivity index (χ2n) is 4.77. The maximum absolute atomic E-state index is 12.1. The van der Waals surface area contributed by atoms with Crippen LogP contribution in [0.3, 0.4) is 0 Å². The van der Waals surface area contributed by atoms with Gasteiger partial charge >= 0.3 is 0 Å². The van der Waals surface area contributed by atoms with Gasteiger partial charge in [-0.3, -0.25) is 4.79 Å². The largest absolute Gasteiger partial charge is 0.298 e. The first-order valence-electron chi connectivity index (χ1n) is 5.73. The van der Waals surface area contributed by atoms with Crippen molar-refractivity contribution in [3.63, 3.8) is 0 Å². The molecule has 3 nitrogen and oxygen atoms in total. The summed E-state index contributed by atoms with van der Waals surface area (Å²) in [5.41, 5.74) is 1.74. The number of carbonyl (C=O) groups is 1. The van der Waals surface area contributed by atoms with Gasteiger partial charge in [-0.1, -0.05) is 17.7 Å². The Kier molecular flexibility index (Phi) is 3.08. The second-order valence-corrected chi connectivity index (χ2v) is 6.73. The van der Waals surface area contributed by atoms with Crippen LogP contribution in [-0.2, 0) is 14.6 Å². The van der Waals surface area contributed by atoms with Crippen molar-refractivity contribution in [2.75, 3.05) is 5.75 Å². The Bertz CT molecular complexity index is 554. The highest BCUT2D eigenvalue weighted by Crippen LogP contribution is 2.31. The van der Waals surface area contributed by atoms with Crippen molar-refractivity contribution in [2.45, 2.75) is 31.6 Å². The van der Waals surface area contributed by atoms with Crippen molar-refractivity contribution in [3.8, 4) is 0 Å². The van der Waals surface area contributed by atoms with E-state index >= 15 is 0 Å². The van der Waals surface area contributed by atoms with Gasteiger partial charge in [0, 0.05) is 5.92 Å². The van der Waals surface area contributed by atoms with Crippen molar-refractivity contribution in [1.29, 1.82) is 0 Å². The van der Waals surface area contributed by atoms with Crippen LogP contribution in [0.25, 0.3) is 0 Å². The SMILES string of the molecule is Cc1ccc(S(=O)(=O)CC(=O)C2CC2)c(C)c1. The maximum Gasteiger partial charge on any atom is 0.185 e. The Hall–Kier alpha value is -1.16. The molecular weight excluding hydrogens is 236 g/mol. The lowest BCUT2D eigenvalue weighted by atomic mass is 10.2. The van der Waals surface area contributed by atoms with Crippen LogP contribution in [0.5, 0.6) is 0 Å². The molecule has 0 aromatic heterocycles. The molecule has 1 saturated carbocycles. The molecule has 0 spiro atoms. The second kappa shape index (κ2) is 4.26. The molecule has 0 radical (unpaired) electrons. The van der Waals surface area contributed by atoms with Crippen LogP contribution in [0.4, 0.5) is 0 Å². The number of carbonyl (C=O) groups excluding carboxylic acids is 1. The van der Waals surface area contributed by atoms with E-state index in [0.29, 0.717) is 5.56 Å². The molecule has 1 aromatic carbocycles. The number of ketones is 1. The first-order valence-corrected chi connectivity index (χ1v) is 7.38. The molecule has 1 aliphatic rings. The maximum atomic E-state index is 12.1. The number of hydrogen-bond acceptors (Lipinski definition) is 3. The number of aryl methyl sites for hydroxylation is 2. The first-order chi connectivity index (χ1) is 7.90. The molecule has 17 heavy (non-hydrogen) atoms. The van der Waals surface area contributed by atoms with Gasteiger partial charge in [-0.05, 0) is 38.3 Å². The first kappa shape index (κ1) is 12.3. The highest BCUT2D eigenvalue weighted by atomic mass is 32.2. The molecule has 0 atom stereocenters. The van der Waals surface area contributed by atoms with Gasteiger partial charge in [0.05, 0.1) is 4.90 Å². The molecule has 1 fully saturated rings. The lowest BCUT2D eigenvalue weighted by Gasteiger charge is -2.07. The molecule has 0 N–H and O–H groups in total. The number of Topliss-reactive ketones (excluding diaryl/α,β-unsaturated/α-hetero) is 1. The summed E-state index contributed by atoms with van der Waals surface area (Å²) in [5.74, 6) is -0.484. The van der Waals surface area contributed by atoms with Crippen LogP contribution >= 0.6 is 0 Å². The van der Waals surface area contributed by atoms with Gasteiger partial charge < -0.3 is 0 Å². The van der Waals surface area contributed by atoms with E-state index in [1.54, 1.807) is 19.1 Å². The van der Waals surface area contributed by atoms with Gasteiger partial charge in [-0.2, -0.15) is 0 Å². The van der Waals surface area contributed by atoms with Crippen LogP contribution in [-0.4, -0.2) is 20.0 Å². The average Bonchev–Trinajstić information content (AvgIpc) is 2.98. The standard InChI is InChI=1S/C13H16O3S/c1-9-3-6-13(10(2)7-9)17(15,16)8-12(14)11-4-5-11/h3,6-7,11H,4-5,8H2,1-2H3. The summed E-state index contributed by atoms with van der Waals surface area (Å²) in [4.78, 5) is 11.9. The molecular formula is C13H16O3S. The predicted octanol–water partition coefficient (Wildman–Crippen LogP) is 2.06. The van der Waals surface area contributed by atoms with Crippen molar-refractivity contribution >= 4 is 15.6 Å². The lowest BCUT2D eigenvalue weighted by molar-refractivity contribution is -0.117. The third kappa shape index (κ3) is 2.75. The number of benzene rings is 1. The minimum absolute atomic E-state index is 0.00414. The predicted molar refractivity (Wildman–Crippen MR) is 65.7 cm³/mol. The fourth-order valence-corrected chi connectivity index (χ4v) is 3.53. The van der Waals surface area contributed by atoms with Gasteiger partial charge in [0.2, 0.25) is 0 Å². The van der Waals surface area contributed by atoms with E-state index in [1.807, 2.05) is 13.0 Å². The van der Waals surface area contributed by atoms with Gasteiger partial charge in [-0.15, -0.1) is 0 Å². The minimum Gasteiger partial charge on any atom is -0.298 e. The zero-order valence-electron chi connectivity index (χ0n) is 10.1. The summed E-state index contributed by atoms with van der Waals surface area (Å²) in [6.07, 6.45) is 1.70. The minimum atomic E-state index is -3.46. The molecule has 1 aromatic rings. The van der Waals surface area contributed by atoms with Gasteiger partial charge in [0.15, 0.2) is 15.6 Å². The number of rotatable bonds is 4. The summed E-state index contributed by atoms with van der Waals surface area (Å²) >= 11 is 0. The van der Waals surface area contributed by atoms with Gasteiger partial charge in [0.1, 0.15) is 5.75 Å². The van der Waals surface area contributed by atoms with Gasteiger partial charge in [-0.25, -0.2) is 8.42 Å². The van der Waals surface area contributed by atoms with Crippen LogP contribution in [0.15, 0.2) is 23.1 Å². The Labute approximate surface area is 102 Å². The Balaban J connectivity index is 2.27. The van der Waals surface area contributed by atoms with Crippen LogP contribution in [0.2, 0.25) is 0 Å². The summed E-state index contributed by atoms with van der Waals surface area (Å²) < 4.78 is 24.2. The van der Waals surface area contributed by atoms with E-state index in [-0.39, 0.29) is 22.3 Å². The quantitative estimate of drug-likeness (QED) is 0.824. The van der Waals surface area contributed by atoms with Crippen LogP contribution < -0.4 is 0 Å². The molecule has 1 aliphatic carbocycles. The molecule has 0 saturated heterocycles. The Morgan fingerprint density at radius 2 is 1.94 bits per heavy atom. The highest BCUT2D eigenvalue weighted by Gasteiger charge is 2.33. The third-order valence-electron chi connectivity index (χ3n) is 3.03. The lowest BCUT2D eigenvalue weighted by Crippen LogP contribution is -2.18. The van der Waals surface area contributed by atoms with Crippen molar-refractivity contribution in [1.82, 2.24) is 0 Å². The smallest absolute Gasteiger partial charge is 0.185 e. The van der Waals surface area contributed by atoms with Gasteiger partial charge in [0.25, 0.3) is 0 Å². The fourth-order valence-electron chi connectivity index (χ4n) is 1.94. The topological polar surface area (TPSA) is 51.2 Å². The van der Waals surface area contributed by atoms with E-state index in [2.05, 4.69) is 0 Å². The van der Waals surface area contributed by atoms with E-state index in [9.17, 15) is 13.2 Å². The van der Waals surface area contributed by atoms with Crippen LogP contribution in [0, 0.1) is 19.8 Å². The van der Waals surface area contributed by atoms with Crippen LogP contribution in [0.1, 0.15) is 24.0 Å². The molecule has 92 valence electrons. The molecule has 2 rings (SSSR count). The normalized spacial score (nSPS) is 15.9. The van der Waals surface area contributed by atoms with E-state index < -0.39 is 9.84 Å². The highest BCUT2D eigenvalue weighted by molar-refractivity contribution is 7.92. The monoisotopic (exact) mass is 252 g/mol. The molecule has 0 heterocycles. The number of sulfone groups is 1. The average molecular weight is 252 g/mol. The zero-order chi connectivity index (χ0) is 12.6.